The van der Waals surface area contributed by atoms with Crippen LogP contribution in [0.4, 0.5) is 16.2 Å². The summed E-state index contributed by atoms with van der Waals surface area (Å²) < 4.78 is 20.8. The molecule has 0 fully saturated rings. The third-order valence-corrected chi connectivity index (χ3v) is 6.92. The van der Waals surface area contributed by atoms with Crippen LogP contribution in [-0.2, 0) is 19.1 Å². The average molecular weight is 668 g/mol. The third-order valence-electron chi connectivity index (χ3n) is 6.92. The number of methoxy groups -OCH3 is 1. The summed E-state index contributed by atoms with van der Waals surface area (Å²) in [5.74, 6) is -2.37. The van der Waals surface area contributed by atoms with Crippen LogP contribution in [-0.4, -0.2) is 73.2 Å². The molecule has 0 aliphatic carbocycles. The summed E-state index contributed by atoms with van der Waals surface area (Å²) in [7, 11) is 1.46. The Hall–Kier alpha value is -5.87. The van der Waals surface area contributed by atoms with Gasteiger partial charge in [0.25, 0.3) is 11.8 Å². The highest BCUT2D eigenvalue weighted by Crippen LogP contribution is 2.39. The van der Waals surface area contributed by atoms with E-state index in [1.807, 2.05) is 6.07 Å². The molecular weight excluding hydrogens is 630 g/mol. The van der Waals surface area contributed by atoms with Crippen molar-refractivity contribution in [1.82, 2.24) is 0 Å². The Morgan fingerprint density at radius 3 is 2.29 bits per heavy atom. The number of carbonyl (C=O) groups excluding carboxylic acids is 3. The molecule has 16 nitrogen and oxygen atoms in total. The van der Waals surface area contributed by atoms with Crippen molar-refractivity contribution in [2.75, 3.05) is 37.3 Å². The number of nitrogens with one attached hydrogen (secondary N) is 1. The van der Waals surface area contributed by atoms with Gasteiger partial charge in [-0.05, 0) is 54.4 Å². The van der Waals surface area contributed by atoms with Gasteiger partial charge in [0.15, 0.2) is 18.1 Å². The molecule has 1 aliphatic rings. The number of carbonyl (C=O) groups is 5. The van der Waals surface area contributed by atoms with E-state index in [-0.39, 0.29) is 44.2 Å². The van der Waals surface area contributed by atoms with E-state index in [9.17, 15) is 29.1 Å². The zero-order valence-corrected chi connectivity index (χ0v) is 26.2. The summed E-state index contributed by atoms with van der Waals surface area (Å²) >= 11 is 0. The normalized spacial score (nSPS) is 12.5. The monoisotopic (exact) mass is 667 g/mol. The van der Waals surface area contributed by atoms with Crippen LogP contribution in [0.5, 0.6) is 17.2 Å². The van der Waals surface area contributed by atoms with Crippen molar-refractivity contribution in [2.24, 2.45) is 17.2 Å². The van der Waals surface area contributed by atoms with E-state index in [4.69, 9.17) is 41.3 Å². The van der Waals surface area contributed by atoms with Gasteiger partial charge in [0.1, 0.15) is 11.8 Å². The number of benzene rings is 3. The van der Waals surface area contributed by atoms with Crippen LogP contribution in [0.1, 0.15) is 40.4 Å². The van der Waals surface area contributed by atoms with Crippen LogP contribution < -0.4 is 41.6 Å². The number of amides is 4. The second kappa shape index (κ2) is 17.2. The lowest BCUT2D eigenvalue weighted by Crippen LogP contribution is -2.48. The van der Waals surface area contributed by atoms with Gasteiger partial charge in [-0.3, -0.25) is 19.3 Å². The molecule has 0 aromatic heterocycles. The number of urea groups is 1. The molecule has 9 N–H and O–H groups in total. The first kappa shape index (κ1) is 36.6. The van der Waals surface area contributed by atoms with Gasteiger partial charge < -0.3 is 51.7 Å². The number of fused-ring (bicyclic) bond motifs is 1. The van der Waals surface area contributed by atoms with E-state index >= 15 is 0 Å². The van der Waals surface area contributed by atoms with E-state index in [0.717, 1.165) is 0 Å². The lowest BCUT2D eigenvalue weighted by molar-refractivity contribution is -0.141. The van der Waals surface area contributed by atoms with Gasteiger partial charge >= 0.3 is 18.0 Å². The average Bonchev–Trinajstić information content (AvgIpc) is 3.51. The van der Waals surface area contributed by atoms with Crippen molar-refractivity contribution < 1.29 is 53.1 Å². The fraction of sp³-hybridized carbons (Fsp3) is 0.281. The highest BCUT2D eigenvalue weighted by molar-refractivity contribution is 6.01. The molecule has 0 bridgehead atoms. The number of primary amides is 2. The highest BCUT2D eigenvalue weighted by atomic mass is 16.7. The molecule has 1 heterocycles. The lowest BCUT2D eigenvalue weighted by atomic mass is 9.97. The quantitative estimate of drug-likeness (QED) is 0.145. The van der Waals surface area contributed by atoms with Gasteiger partial charge in [0.2, 0.25) is 6.79 Å². The number of ether oxygens (including phenoxy) is 4. The second-order valence-electron chi connectivity index (χ2n) is 10.3. The van der Waals surface area contributed by atoms with Crippen molar-refractivity contribution in [3.63, 3.8) is 0 Å². The molecule has 0 saturated heterocycles. The minimum Gasteiger partial charge on any atom is -0.484 e. The Bertz CT molecular complexity index is 1630. The molecular formula is C32H37N5O11. The van der Waals surface area contributed by atoms with E-state index in [2.05, 4.69) is 5.32 Å². The number of carboxylic acid groups (broad SMARTS) is 2. The summed E-state index contributed by atoms with van der Waals surface area (Å²) in [6.07, 6.45) is -0.219. The molecule has 16 heteroatoms. The smallest absolute Gasteiger partial charge is 0.326 e. The van der Waals surface area contributed by atoms with Gasteiger partial charge in [-0.2, -0.15) is 0 Å². The summed E-state index contributed by atoms with van der Waals surface area (Å²) in [4.78, 5) is 59.3. The van der Waals surface area contributed by atoms with Gasteiger partial charge in [-0.25, -0.2) is 9.59 Å². The first-order valence-corrected chi connectivity index (χ1v) is 14.4. The predicted molar refractivity (Wildman–Crippen MR) is 172 cm³/mol. The maximum Gasteiger partial charge on any atom is 0.326 e. The first-order chi connectivity index (χ1) is 22.8. The zero-order valence-electron chi connectivity index (χ0n) is 26.2. The molecule has 1 aliphatic heterocycles. The number of aliphatic carboxylic acids is 2. The Kier molecular flexibility index (Phi) is 13.1. The first-order valence-electron chi connectivity index (χ1n) is 14.4. The molecule has 48 heavy (non-hydrogen) atoms. The number of carboxylic acids is 2. The lowest BCUT2D eigenvalue weighted by Gasteiger charge is -2.29. The van der Waals surface area contributed by atoms with Crippen LogP contribution in [0.2, 0.25) is 0 Å². The maximum absolute atomic E-state index is 13.0. The van der Waals surface area contributed by atoms with Crippen molar-refractivity contribution in [3.05, 3.63) is 77.4 Å². The summed E-state index contributed by atoms with van der Waals surface area (Å²) in [5, 5.41) is 20.9. The number of para-hydroxylation sites is 1. The topological polar surface area (TPSA) is 256 Å². The fourth-order valence-electron chi connectivity index (χ4n) is 4.74. The Morgan fingerprint density at radius 2 is 1.71 bits per heavy atom. The predicted octanol–water partition coefficient (Wildman–Crippen LogP) is 2.38. The van der Waals surface area contributed by atoms with Crippen LogP contribution >= 0.6 is 0 Å². The van der Waals surface area contributed by atoms with Crippen LogP contribution in [0.3, 0.4) is 0 Å². The van der Waals surface area contributed by atoms with Crippen molar-refractivity contribution in [2.45, 2.75) is 31.8 Å². The highest BCUT2D eigenvalue weighted by Gasteiger charge is 2.32. The molecule has 256 valence electrons. The van der Waals surface area contributed by atoms with E-state index in [0.29, 0.717) is 34.0 Å². The third kappa shape index (κ3) is 9.81. The molecule has 3 aromatic carbocycles. The number of nitrogens with two attached hydrogens (primary N) is 3. The fourth-order valence-corrected chi connectivity index (χ4v) is 4.74. The summed E-state index contributed by atoms with van der Waals surface area (Å²) in [6.45, 7) is 1.51. The van der Waals surface area contributed by atoms with Gasteiger partial charge in [-0.15, -0.1) is 0 Å². The number of rotatable bonds is 14. The number of nitrogens with zero attached hydrogens (tertiary/aromatic N) is 1. The van der Waals surface area contributed by atoms with Crippen molar-refractivity contribution >= 4 is 41.2 Å². The number of anilines is 2. The van der Waals surface area contributed by atoms with Gasteiger partial charge in [0, 0.05) is 37.6 Å². The molecule has 3 aromatic rings. The summed E-state index contributed by atoms with van der Waals surface area (Å²) in [5.41, 5.74) is 18.0. The van der Waals surface area contributed by atoms with E-state index in [1.54, 1.807) is 55.5 Å². The Balaban J connectivity index is 0.000000294. The minimum absolute atomic E-state index is 0.00671. The maximum atomic E-state index is 13.0. The summed E-state index contributed by atoms with van der Waals surface area (Å²) in [6, 6.07) is 13.8. The van der Waals surface area contributed by atoms with Crippen LogP contribution in [0, 0.1) is 6.92 Å². The van der Waals surface area contributed by atoms with E-state index < -0.39 is 41.9 Å². The number of hydrogen-bond acceptors (Lipinski definition) is 10. The Morgan fingerprint density at radius 1 is 1.00 bits per heavy atom. The van der Waals surface area contributed by atoms with Gasteiger partial charge in [-0.1, -0.05) is 24.3 Å². The molecule has 0 radical (unpaired) electrons. The molecule has 2 atom stereocenters. The number of aryl methyl sites for hydroxylation is 1. The van der Waals surface area contributed by atoms with Crippen molar-refractivity contribution in [3.8, 4) is 17.2 Å². The number of hydrogen-bond donors (Lipinski definition) is 6. The van der Waals surface area contributed by atoms with Gasteiger partial charge in [0.05, 0.1) is 12.0 Å². The van der Waals surface area contributed by atoms with Crippen LogP contribution in [0.25, 0.3) is 0 Å². The standard InChI is InChI=1S/C21H25N3O6.C11H12N2O5/c1-14-12-15(8-9-17(14)23-21(22)28)24(18(20(26)27)10-11-29-2)19(25)13-30-16-6-4-3-5-7-16;12-6(3-8(14)15)5-1-2-7-10(18-4-17-7)9(5)11(13)16/h3-9,12,18H,10-11,13H2,1-2H3,(H,26,27)(H3,22,23,28);1-2,6H,3-4,12H2,(H2,13,16)(H,14,15). The van der Waals surface area contributed by atoms with Crippen LogP contribution in [0.15, 0.2) is 60.7 Å². The SMILES string of the molecule is COCCC(C(=O)O)N(C(=O)COc1ccccc1)c1ccc(NC(N)=O)c(C)c1.NC(=O)c1c(C(N)CC(=O)O)ccc2c1OCO2. The van der Waals surface area contributed by atoms with E-state index in [1.165, 1.54) is 18.1 Å². The minimum atomic E-state index is -1.17. The molecule has 0 saturated carbocycles. The second-order valence-corrected chi connectivity index (χ2v) is 10.3. The van der Waals surface area contributed by atoms with Crippen molar-refractivity contribution in [1.29, 1.82) is 0 Å². The Labute approximate surface area is 275 Å². The molecule has 2 unspecified atom stereocenters. The molecule has 0 spiro atoms. The zero-order chi connectivity index (χ0) is 35.4. The largest absolute Gasteiger partial charge is 0.484 e. The molecule has 4 amide bonds. The molecule has 4 rings (SSSR count).